The number of carboxylic acids is 1. The van der Waals surface area contributed by atoms with Crippen LogP contribution in [0.4, 0.5) is 11.5 Å². The summed E-state index contributed by atoms with van der Waals surface area (Å²) in [4.78, 5) is 39.6. The van der Waals surface area contributed by atoms with Crippen LogP contribution in [-0.4, -0.2) is 40.0 Å². The predicted molar refractivity (Wildman–Crippen MR) is 113 cm³/mol. The number of aromatic hydroxyl groups is 1. The summed E-state index contributed by atoms with van der Waals surface area (Å²) in [6.45, 7) is 0. The zero-order valence-electron chi connectivity index (χ0n) is 19.0. The van der Waals surface area contributed by atoms with E-state index in [1.165, 1.54) is 36.4 Å². The van der Waals surface area contributed by atoms with E-state index in [0.717, 1.165) is 0 Å². The Morgan fingerprint density at radius 2 is 1.74 bits per heavy atom. The van der Waals surface area contributed by atoms with Gasteiger partial charge in [-0.25, -0.2) is 4.79 Å². The minimum atomic E-state index is -2.70. The number of pyridine rings is 1. The van der Waals surface area contributed by atoms with E-state index < -0.39 is 31.2 Å². The molecule has 0 aliphatic heterocycles. The Hall–Kier alpha value is -4.40. The number of hydrogen-bond acceptors (Lipinski definition) is 6. The van der Waals surface area contributed by atoms with Crippen LogP contribution in [0.15, 0.2) is 60.7 Å². The van der Waals surface area contributed by atoms with Crippen LogP contribution in [0.3, 0.4) is 0 Å². The Morgan fingerprint density at radius 3 is 2.52 bits per heavy atom. The van der Waals surface area contributed by atoms with Crippen LogP contribution in [0.1, 0.15) is 20.9 Å². The summed E-state index contributed by atoms with van der Waals surface area (Å²) < 4.78 is 25.9. The molecule has 31 heavy (non-hydrogen) atoms. The van der Waals surface area contributed by atoms with Crippen molar-refractivity contribution in [2.45, 2.75) is 6.42 Å². The molecule has 1 aromatic heterocycles. The normalized spacial score (nSPS) is 12.1. The summed E-state index contributed by atoms with van der Waals surface area (Å²) >= 11 is 0. The van der Waals surface area contributed by atoms with Gasteiger partial charge in [0.25, 0.3) is 0 Å². The number of amides is 2. The molecule has 0 unspecified atom stereocenters. The number of methoxy groups -OCH3 is 1. The summed E-state index contributed by atoms with van der Waals surface area (Å²) in [5, 5.41) is 23.8. The Labute approximate surface area is 181 Å². The Morgan fingerprint density at radius 1 is 1.00 bits per heavy atom. The van der Waals surface area contributed by atoms with Gasteiger partial charge < -0.3 is 25.6 Å². The molecule has 3 aromatic rings. The standard InChI is InChI=1S/C22H19N3O6/c1-31-21-7-3-6-18(25-21)24-20(28)12-19(27)23-15-5-2-4-13(10-15)14-8-9-17(26)16(11-14)22(29)30/h2-11,26H,12H2,1H3,(H,23,27)(H,29,30)(H,24,25,28)/i1D3. The molecule has 9 nitrogen and oxygen atoms in total. The Kier molecular flexibility index (Phi) is 5.29. The summed E-state index contributed by atoms with van der Waals surface area (Å²) in [7, 11) is -2.70. The maximum Gasteiger partial charge on any atom is 0.339 e. The Balaban J connectivity index is 1.64. The first-order valence-electron chi connectivity index (χ1n) is 10.4. The molecule has 158 valence electrons. The van der Waals surface area contributed by atoms with E-state index in [2.05, 4.69) is 20.4 Å². The number of rotatable bonds is 7. The quantitative estimate of drug-likeness (QED) is 0.428. The van der Waals surface area contributed by atoms with E-state index in [9.17, 15) is 24.6 Å². The van der Waals surface area contributed by atoms with Gasteiger partial charge in [0.1, 0.15) is 23.6 Å². The van der Waals surface area contributed by atoms with Gasteiger partial charge in [-0.05, 0) is 41.5 Å². The molecule has 2 aromatic carbocycles. The van der Waals surface area contributed by atoms with Crippen molar-refractivity contribution in [1.82, 2.24) is 4.98 Å². The van der Waals surface area contributed by atoms with E-state index in [1.54, 1.807) is 24.3 Å². The van der Waals surface area contributed by atoms with E-state index in [1.807, 2.05) is 0 Å². The molecule has 0 saturated carbocycles. The highest BCUT2D eigenvalue weighted by atomic mass is 16.5. The van der Waals surface area contributed by atoms with E-state index in [4.69, 9.17) is 4.11 Å². The van der Waals surface area contributed by atoms with Crippen LogP contribution < -0.4 is 15.4 Å². The number of anilines is 2. The fraction of sp³-hybridized carbons (Fsp3) is 0.0909. The highest BCUT2D eigenvalue weighted by Crippen LogP contribution is 2.27. The number of benzene rings is 2. The second-order valence-corrected chi connectivity index (χ2v) is 6.35. The lowest BCUT2D eigenvalue weighted by Crippen LogP contribution is -2.21. The van der Waals surface area contributed by atoms with Gasteiger partial charge in [0.05, 0.1) is 11.2 Å². The molecule has 0 saturated heterocycles. The number of hydrogen-bond donors (Lipinski definition) is 4. The van der Waals surface area contributed by atoms with Gasteiger partial charge in [0.15, 0.2) is 0 Å². The lowest BCUT2D eigenvalue weighted by Gasteiger charge is -2.09. The van der Waals surface area contributed by atoms with Gasteiger partial charge in [-0.3, -0.25) is 9.59 Å². The lowest BCUT2D eigenvalue weighted by molar-refractivity contribution is -0.123. The van der Waals surface area contributed by atoms with Gasteiger partial charge in [0.2, 0.25) is 17.7 Å². The molecular formula is C22H19N3O6. The molecule has 9 heteroatoms. The van der Waals surface area contributed by atoms with Gasteiger partial charge in [-0.2, -0.15) is 4.98 Å². The van der Waals surface area contributed by atoms with Gasteiger partial charge in [-0.1, -0.05) is 24.3 Å². The van der Waals surface area contributed by atoms with Crippen molar-refractivity contribution in [3.63, 3.8) is 0 Å². The maximum atomic E-state index is 12.3. The third kappa shape index (κ3) is 5.57. The van der Waals surface area contributed by atoms with Crippen LogP contribution in [0.25, 0.3) is 11.1 Å². The molecular weight excluding hydrogens is 402 g/mol. The maximum absolute atomic E-state index is 12.3. The average molecular weight is 424 g/mol. The van der Waals surface area contributed by atoms with Gasteiger partial charge >= 0.3 is 5.97 Å². The SMILES string of the molecule is [2H]C([2H])([2H])Oc1cccc(NC(=O)CC(=O)Nc2cccc(-c3ccc(O)c(C(=O)O)c3)c2)n1. The monoisotopic (exact) mass is 424 g/mol. The molecule has 2 amide bonds. The molecule has 0 bridgehead atoms. The van der Waals surface area contributed by atoms with E-state index >= 15 is 0 Å². The van der Waals surface area contributed by atoms with Crippen molar-refractivity contribution in [3.8, 4) is 22.8 Å². The number of carboxylic acid groups (broad SMARTS) is 1. The summed E-state index contributed by atoms with van der Waals surface area (Å²) in [6, 6.07) is 14.8. The molecule has 0 aliphatic rings. The number of carbonyl (C=O) groups excluding carboxylic acids is 2. The van der Waals surface area contributed by atoms with Crippen LogP contribution in [0.2, 0.25) is 0 Å². The van der Waals surface area contributed by atoms with Gasteiger partial charge in [-0.15, -0.1) is 0 Å². The van der Waals surface area contributed by atoms with E-state index in [0.29, 0.717) is 16.8 Å². The van der Waals surface area contributed by atoms with Gasteiger partial charge in [0, 0.05) is 11.8 Å². The molecule has 0 spiro atoms. The van der Waals surface area contributed by atoms with Crippen molar-refractivity contribution in [2.75, 3.05) is 17.7 Å². The first-order valence-corrected chi connectivity index (χ1v) is 8.93. The van der Waals surface area contributed by atoms with Crippen LogP contribution in [0.5, 0.6) is 11.6 Å². The van der Waals surface area contributed by atoms with Crippen molar-refractivity contribution in [2.24, 2.45) is 0 Å². The highest BCUT2D eigenvalue weighted by Gasteiger charge is 2.13. The van der Waals surface area contributed by atoms with Crippen molar-refractivity contribution in [1.29, 1.82) is 0 Å². The molecule has 0 fully saturated rings. The fourth-order valence-electron chi connectivity index (χ4n) is 2.74. The largest absolute Gasteiger partial charge is 0.507 e. The highest BCUT2D eigenvalue weighted by molar-refractivity contribution is 6.08. The third-order valence-corrected chi connectivity index (χ3v) is 4.12. The zero-order chi connectivity index (χ0) is 24.9. The Bertz CT molecular complexity index is 1250. The summed E-state index contributed by atoms with van der Waals surface area (Å²) in [5.74, 6) is -3.14. The minimum absolute atomic E-state index is 0.0168. The fourth-order valence-corrected chi connectivity index (χ4v) is 2.74. The molecule has 1 heterocycles. The topological polar surface area (TPSA) is 138 Å². The number of aromatic nitrogens is 1. The smallest absolute Gasteiger partial charge is 0.339 e. The molecule has 0 atom stereocenters. The summed E-state index contributed by atoms with van der Waals surface area (Å²) in [6.07, 6.45) is -0.543. The first kappa shape index (κ1) is 17.5. The van der Waals surface area contributed by atoms with Crippen LogP contribution in [-0.2, 0) is 9.59 Å². The van der Waals surface area contributed by atoms with Crippen molar-refractivity contribution >= 4 is 29.3 Å². The number of carbonyl (C=O) groups is 3. The van der Waals surface area contributed by atoms with E-state index in [-0.39, 0.29) is 23.0 Å². The van der Waals surface area contributed by atoms with Crippen molar-refractivity contribution < 1.29 is 33.4 Å². The van der Waals surface area contributed by atoms with Crippen LogP contribution >= 0.6 is 0 Å². The number of aromatic carboxylic acids is 1. The van der Waals surface area contributed by atoms with Crippen LogP contribution in [0, 0.1) is 0 Å². The average Bonchev–Trinajstić information content (AvgIpc) is 2.72. The molecule has 3 rings (SSSR count). The first-order chi connectivity index (χ1) is 16.0. The molecule has 4 N–H and O–H groups in total. The number of phenols is 1. The minimum Gasteiger partial charge on any atom is -0.507 e. The second-order valence-electron chi connectivity index (χ2n) is 6.35. The van der Waals surface area contributed by atoms with Crippen molar-refractivity contribution in [3.05, 3.63) is 66.2 Å². The summed E-state index contributed by atoms with van der Waals surface area (Å²) in [5.41, 5.74) is 1.20. The lowest BCUT2D eigenvalue weighted by atomic mass is 10.0. The second kappa shape index (κ2) is 9.40. The predicted octanol–water partition coefficient (Wildman–Crippen LogP) is 3.13. The third-order valence-electron chi connectivity index (χ3n) is 4.12. The number of ether oxygens (including phenoxy) is 1. The zero-order valence-corrected chi connectivity index (χ0v) is 16.0. The molecule has 0 radical (unpaired) electrons. The number of nitrogens with zero attached hydrogens (tertiary/aromatic N) is 1. The number of nitrogens with one attached hydrogen (secondary N) is 2. The molecule has 0 aliphatic carbocycles.